The zero-order valence-corrected chi connectivity index (χ0v) is 52.5. The van der Waals surface area contributed by atoms with Gasteiger partial charge in [-0.2, -0.15) is 0 Å². The van der Waals surface area contributed by atoms with E-state index < -0.39 is 186 Å². The van der Waals surface area contributed by atoms with Crippen molar-refractivity contribution >= 4 is 23.5 Å². The van der Waals surface area contributed by atoms with Gasteiger partial charge in [0.05, 0.1) is 82.8 Å². The fraction of sp³-hybridized carbons (Fsp3) is 0.733. The number of aliphatic carboxylic acids is 1. The average molecular weight is 1280 g/mol. The van der Waals surface area contributed by atoms with Crippen LogP contribution in [0.5, 0.6) is 17.2 Å². The number of fused-ring (bicyclic) bond motifs is 8. The number of methoxy groups -OCH3 is 1. The number of aliphatic hydroxyl groups is 3. The lowest BCUT2D eigenvalue weighted by Crippen LogP contribution is -2.72. The van der Waals surface area contributed by atoms with E-state index in [2.05, 4.69) is 0 Å². The summed E-state index contributed by atoms with van der Waals surface area (Å²) in [5.74, 6) is -5.14. The number of hydroxylamine groups is 4. The molecule has 0 aromatic heterocycles. The van der Waals surface area contributed by atoms with Crippen molar-refractivity contribution in [3.05, 3.63) is 61.5 Å². The van der Waals surface area contributed by atoms with Crippen LogP contribution in [0.1, 0.15) is 161 Å². The van der Waals surface area contributed by atoms with Gasteiger partial charge in [-0.3, -0.25) is 34.5 Å². The molecule has 6 aliphatic heterocycles. The summed E-state index contributed by atoms with van der Waals surface area (Å²) in [5.41, 5.74) is -9.95. The van der Waals surface area contributed by atoms with Gasteiger partial charge >= 0.3 is 11.9 Å². The number of ketones is 2. The van der Waals surface area contributed by atoms with E-state index in [0.29, 0.717) is 0 Å². The number of carbonyl (C=O) groups excluding carboxylic acids is 3. The van der Waals surface area contributed by atoms with Crippen molar-refractivity contribution in [3.63, 3.8) is 0 Å². The van der Waals surface area contributed by atoms with Crippen molar-refractivity contribution in [1.29, 1.82) is 0 Å². The summed E-state index contributed by atoms with van der Waals surface area (Å²) in [7, 11) is 8.19. The number of hydrogen-bond donors (Lipinski definition) is 8. The highest BCUT2D eigenvalue weighted by atomic mass is 16.8. The number of carboxylic acids is 1. The molecule has 8 N–H and O–H groups in total. The van der Waals surface area contributed by atoms with Crippen LogP contribution in [-0.2, 0) is 73.7 Å². The highest BCUT2D eigenvalue weighted by Gasteiger charge is 2.64. The highest BCUT2D eigenvalue weighted by Crippen LogP contribution is 2.57. The maximum absolute atomic E-state index is 15.1. The standard InChI is InChI=1S/C60H84N4O26/c1-25-45(68)32(61(9)10)18-37(80-25)84-34-21-56(5,74)20-30-41(34)48(71)43-44(47(30)70)49(72)42-29(46(43)69)14-15-31-51(42)88-55-52(73)60(62(11)12,24-59(31,8)90-55)89-40-23-58(7,64(77)78)54(28(4)83-40)87-39-22-57(6,63(75)76)53(27(3)82-39)86-38-19-33(79-13)50(26(2)81-38)85-36(67)17-16-35(65)66/h14-15,25-28,32-34,37-40,45,50,52-55,68,70-71,73-75,77H,16-24H2,1-13H3,(H,65,66)/q-2. The van der Waals surface area contributed by atoms with Crippen LogP contribution < -0.4 is 4.74 Å². The summed E-state index contributed by atoms with van der Waals surface area (Å²) in [4.78, 5) is 56.9. The van der Waals surface area contributed by atoms with E-state index >= 15 is 4.79 Å². The van der Waals surface area contributed by atoms with Gasteiger partial charge in [0, 0.05) is 80.4 Å². The van der Waals surface area contributed by atoms with E-state index in [-0.39, 0.29) is 95.0 Å². The number of nitrogens with zero attached hydrogens (tertiary/aromatic N) is 4. The van der Waals surface area contributed by atoms with Crippen molar-refractivity contribution < 1.29 is 117 Å². The number of aliphatic hydroxyl groups excluding tert-OH is 2. The highest BCUT2D eigenvalue weighted by molar-refractivity contribution is 6.31. The van der Waals surface area contributed by atoms with Crippen LogP contribution in [0.4, 0.5) is 0 Å². The van der Waals surface area contributed by atoms with Crippen LogP contribution >= 0.6 is 0 Å². The SMILES string of the molecule is COC1CC(OC2C(C)OC(OC3C(C)OC(OC4(N(C)C)CC5(C)OC(Oc6c5ccc5c6C(=O)c6c(O)c7c(c(O)c6C5=O)C(OC5CC(N(C)C)C(O)C(C)O5)CC(C)(O)C7)C4O)CC3(C)N([O-])O)CC2(C)N([O-])O)OC(C)C1OC(=O)CCC(=O)O. The zero-order valence-electron chi connectivity index (χ0n) is 52.5. The van der Waals surface area contributed by atoms with Gasteiger partial charge in [-0.15, -0.1) is 0 Å². The molecule has 5 saturated heterocycles. The first-order valence-corrected chi connectivity index (χ1v) is 30.2. The van der Waals surface area contributed by atoms with E-state index in [9.17, 15) is 60.7 Å². The molecular weight excluding hydrogens is 1190 g/mol. The van der Waals surface area contributed by atoms with Crippen LogP contribution in [-0.4, -0.2) is 241 Å². The van der Waals surface area contributed by atoms with Gasteiger partial charge in [0.2, 0.25) is 12.1 Å². The minimum absolute atomic E-state index is 0.00166. The Morgan fingerprint density at radius 1 is 0.733 bits per heavy atom. The molecule has 10 rings (SSSR count). The molecule has 22 atom stereocenters. The molecule has 8 aliphatic rings. The topological polar surface area (TPSA) is 400 Å². The van der Waals surface area contributed by atoms with Gasteiger partial charge < -0.3 is 113 Å². The second kappa shape index (κ2) is 24.9. The van der Waals surface area contributed by atoms with Gasteiger partial charge in [-0.1, -0.05) is 6.07 Å². The largest absolute Gasteiger partial charge is 0.762 e. The molecule has 90 heavy (non-hydrogen) atoms. The third kappa shape index (κ3) is 11.9. The van der Waals surface area contributed by atoms with Gasteiger partial charge in [0.25, 0.3) is 0 Å². The Hall–Kier alpha value is -4.72. The first kappa shape index (κ1) is 68.1. The number of aromatic hydroxyl groups is 2. The number of rotatable bonds is 17. The Kier molecular flexibility index (Phi) is 18.8. The number of carbonyl (C=O) groups is 4. The lowest BCUT2D eigenvalue weighted by atomic mass is 9.72. The van der Waals surface area contributed by atoms with E-state index in [0.717, 1.165) is 0 Å². The molecule has 502 valence electrons. The fourth-order valence-electron chi connectivity index (χ4n) is 14.7. The number of benzene rings is 2. The Morgan fingerprint density at radius 2 is 1.31 bits per heavy atom. The molecule has 30 heteroatoms. The fourth-order valence-corrected chi connectivity index (χ4v) is 14.7. The number of ether oxygens (including phenoxy) is 12. The van der Waals surface area contributed by atoms with Gasteiger partial charge in [-0.25, -0.2) is 0 Å². The molecule has 0 spiro atoms. The van der Waals surface area contributed by atoms with Crippen LogP contribution in [0.25, 0.3) is 0 Å². The molecule has 0 saturated carbocycles. The Morgan fingerprint density at radius 3 is 1.91 bits per heavy atom. The van der Waals surface area contributed by atoms with Crippen LogP contribution in [0.15, 0.2) is 12.1 Å². The van der Waals surface area contributed by atoms with Crippen molar-refractivity contribution in [2.75, 3.05) is 35.3 Å². The zero-order chi connectivity index (χ0) is 66.0. The van der Waals surface area contributed by atoms with Crippen molar-refractivity contribution in [1.82, 2.24) is 20.3 Å². The predicted octanol–water partition coefficient (Wildman–Crippen LogP) is 2.91. The van der Waals surface area contributed by atoms with E-state index in [1.54, 1.807) is 60.8 Å². The molecule has 22 unspecified atom stereocenters. The molecule has 2 bridgehead atoms. The summed E-state index contributed by atoms with van der Waals surface area (Å²) in [6.07, 6.45) is -20.2. The Labute approximate surface area is 519 Å². The summed E-state index contributed by atoms with van der Waals surface area (Å²) in [6.45, 7) is 12.3. The number of phenolic OH excluding ortho intramolecular Hbond substituents is 2. The number of phenols is 2. The molecule has 2 aromatic rings. The average Bonchev–Trinajstić information content (AvgIpc) is 0.705. The molecule has 2 aromatic carbocycles. The van der Waals surface area contributed by atoms with Crippen LogP contribution in [0, 0.1) is 10.4 Å². The number of esters is 1. The summed E-state index contributed by atoms with van der Waals surface area (Å²) in [6, 6.07) is 2.50. The number of likely N-dealkylation sites (N-methyl/N-ethyl adjacent to an activating group) is 2. The van der Waals surface area contributed by atoms with E-state index in [4.69, 9.17) is 61.9 Å². The van der Waals surface area contributed by atoms with Crippen molar-refractivity contribution in [2.45, 2.75) is 246 Å². The second-order valence-corrected chi connectivity index (χ2v) is 26.7. The monoisotopic (exact) mass is 1280 g/mol. The van der Waals surface area contributed by atoms with Gasteiger partial charge in [0.1, 0.15) is 41.2 Å². The van der Waals surface area contributed by atoms with E-state index in [1.807, 2.05) is 4.90 Å². The van der Waals surface area contributed by atoms with Gasteiger partial charge in [-0.05, 0) is 89.6 Å². The maximum atomic E-state index is 15.1. The minimum atomic E-state index is -1.93. The minimum Gasteiger partial charge on any atom is -0.762 e. The quantitative estimate of drug-likeness (QED) is 0.0417. The van der Waals surface area contributed by atoms with Crippen LogP contribution in [0.3, 0.4) is 0 Å². The number of hydrogen-bond acceptors (Lipinski definition) is 29. The van der Waals surface area contributed by atoms with Crippen molar-refractivity contribution in [3.8, 4) is 17.2 Å². The molecule has 5 fully saturated rings. The molecular formula is C60H84N4O26-2. The van der Waals surface area contributed by atoms with E-state index in [1.165, 1.54) is 46.9 Å². The Bertz CT molecular complexity index is 3080. The van der Waals surface area contributed by atoms with Gasteiger partial charge in [0.15, 0.2) is 48.9 Å². The number of carboxylic acid groups (broad SMARTS) is 1. The first-order chi connectivity index (χ1) is 42.0. The molecule has 0 amide bonds. The Balaban J connectivity index is 0.867. The summed E-state index contributed by atoms with van der Waals surface area (Å²) >= 11 is 0. The van der Waals surface area contributed by atoms with Crippen molar-refractivity contribution in [2.24, 2.45) is 0 Å². The summed E-state index contributed by atoms with van der Waals surface area (Å²) < 4.78 is 74.9. The smallest absolute Gasteiger partial charge is 0.306 e. The molecule has 6 heterocycles. The lowest BCUT2D eigenvalue weighted by molar-refractivity contribution is -0.402. The second-order valence-electron chi connectivity index (χ2n) is 26.7. The maximum Gasteiger partial charge on any atom is 0.306 e. The third-order valence-electron chi connectivity index (χ3n) is 19.6. The third-order valence-corrected chi connectivity index (χ3v) is 19.6. The summed E-state index contributed by atoms with van der Waals surface area (Å²) in [5, 5.41) is 116. The lowest BCUT2D eigenvalue weighted by Gasteiger charge is -2.59. The normalized spacial score (nSPS) is 40.9. The first-order valence-electron chi connectivity index (χ1n) is 30.2. The molecule has 2 aliphatic carbocycles. The predicted molar refractivity (Wildman–Crippen MR) is 304 cm³/mol. The molecule has 0 radical (unpaired) electrons. The van der Waals surface area contributed by atoms with Crippen LogP contribution in [0.2, 0.25) is 0 Å². The molecule has 30 nitrogen and oxygen atoms in total.